The summed E-state index contributed by atoms with van der Waals surface area (Å²) in [5, 5.41) is 1.17. The Labute approximate surface area is 219 Å². The van der Waals surface area contributed by atoms with Crippen LogP contribution in [0.15, 0.2) is 89.6 Å². The first-order chi connectivity index (χ1) is 18.6. The van der Waals surface area contributed by atoms with Crippen LogP contribution in [0.2, 0.25) is 0 Å². The van der Waals surface area contributed by atoms with Crippen molar-refractivity contribution in [1.29, 1.82) is 0 Å². The number of nitrogens with zero attached hydrogens (tertiary/aromatic N) is 4. The molecule has 0 unspecified atom stereocenters. The number of hydrogen-bond acceptors (Lipinski definition) is 4. The third-order valence-corrected chi connectivity index (χ3v) is 7.84. The van der Waals surface area contributed by atoms with Crippen LogP contribution in [0.5, 0.6) is 0 Å². The van der Waals surface area contributed by atoms with Gasteiger partial charge in [0.15, 0.2) is 5.58 Å². The van der Waals surface area contributed by atoms with E-state index in [9.17, 15) is 0 Å². The molecule has 1 N–H and O–H groups in total. The van der Waals surface area contributed by atoms with Crippen molar-refractivity contribution < 1.29 is 4.42 Å². The Morgan fingerprint density at radius 3 is 2.76 bits per heavy atom. The van der Waals surface area contributed by atoms with E-state index in [4.69, 9.17) is 14.4 Å². The molecule has 0 saturated heterocycles. The quantitative estimate of drug-likeness (QED) is 0.274. The second-order valence-corrected chi connectivity index (χ2v) is 10.1. The van der Waals surface area contributed by atoms with Gasteiger partial charge >= 0.3 is 6.01 Å². The minimum absolute atomic E-state index is 0.653. The lowest BCUT2D eigenvalue weighted by atomic mass is 10.1. The molecular weight excluding hydrogens is 470 g/mol. The number of H-pyrrole nitrogens is 1. The van der Waals surface area contributed by atoms with Crippen molar-refractivity contribution in [3.8, 4) is 22.5 Å². The van der Waals surface area contributed by atoms with Gasteiger partial charge in [-0.3, -0.25) is 9.30 Å². The Morgan fingerprint density at radius 2 is 1.82 bits per heavy atom. The SMILES string of the molecule is Cc1cccc2c1CCN2c1nc2cc(-c3ccc(C)c4nc(-c5c[nH]c6ccccc56)cn34)ccc2o1. The maximum atomic E-state index is 6.23. The van der Waals surface area contributed by atoms with E-state index in [1.807, 2.05) is 18.3 Å². The van der Waals surface area contributed by atoms with Crippen LogP contribution in [0.25, 0.3) is 50.2 Å². The van der Waals surface area contributed by atoms with Gasteiger partial charge in [0.05, 0.1) is 11.4 Å². The Kier molecular flexibility index (Phi) is 4.38. The first kappa shape index (κ1) is 21.3. The van der Waals surface area contributed by atoms with Crippen molar-refractivity contribution in [2.24, 2.45) is 0 Å². The summed E-state index contributed by atoms with van der Waals surface area (Å²) < 4.78 is 8.42. The van der Waals surface area contributed by atoms with Gasteiger partial charge in [-0.25, -0.2) is 4.98 Å². The number of fused-ring (bicyclic) bond motifs is 4. The minimum atomic E-state index is 0.653. The fraction of sp³-hybridized carbons (Fsp3) is 0.125. The number of hydrogen-bond donors (Lipinski definition) is 1. The summed E-state index contributed by atoms with van der Waals surface area (Å²) in [6.07, 6.45) is 5.18. The zero-order valence-electron chi connectivity index (χ0n) is 21.2. The van der Waals surface area contributed by atoms with Crippen LogP contribution >= 0.6 is 0 Å². The summed E-state index contributed by atoms with van der Waals surface area (Å²) in [5.74, 6) is 0. The van der Waals surface area contributed by atoms with E-state index < -0.39 is 0 Å². The van der Waals surface area contributed by atoms with Crippen molar-refractivity contribution in [3.05, 3.63) is 102 Å². The van der Waals surface area contributed by atoms with Gasteiger partial charge in [-0.2, -0.15) is 4.98 Å². The van der Waals surface area contributed by atoms with Crippen LogP contribution in [-0.4, -0.2) is 25.9 Å². The molecule has 0 aliphatic carbocycles. The predicted octanol–water partition coefficient (Wildman–Crippen LogP) is 7.60. The fourth-order valence-corrected chi connectivity index (χ4v) is 5.85. The number of benzene rings is 3. The zero-order valence-corrected chi connectivity index (χ0v) is 21.2. The highest BCUT2D eigenvalue weighted by Gasteiger charge is 2.25. The van der Waals surface area contributed by atoms with Crippen molar-refractivity contribution in [2.45, 2.75) is 20.3 Å². The highest BCUT2D eigenvalue weighted by atomic mass is 16.4. The van der Waals surface area contributed by atoms with Crippen LogP contribution < -0.4 is 4.90 Å². The molecule has 0 radical (unpaired) electrons. The average Bonchev–Trinajstić information content (AvgIpc) is 3.72. The molecule has 6 nitrogen and oxygen atoms in total. The Balaban J connectivity index is 1.23. The van der Waals surface area contributed by atoms with Crippen LogP contribution in [0.1, 0.15) is 16.7 Å². The lowest BCUT2D eigenvalue weighted by molar-refractivity contribution is 0.597. The summed E-state index contributed by atoms with van der Waals surface area (Å²) in [5.41, 5.74) is 12.9. The first-order valence-corrected chi connectivity index (χ1v) is 13.0. The van der Waals surface area contributed by atoms with Crippen LogP contribution in [0.3, 0.4) is 0 Å². The van der Waals surface area contributed by atoms with Gasteiger partial charge in [-0.05, 0) is 73.4 Å². The molecular formula is C32H25N5O. The topological polar surface area (TPSA) is 62.4 Å². The number of rotatable bonds is 3. The van der Waals surface area contributed by atoms with Gasteiger partial charge in [-0.15, -0.1) is 0 Å². The van der Waals surface area contributed by atoms with Gasteiger partial charge in [0, 0.05) is 46.7 Å². The van der Waals surface area contributed by atoms with Crippen LogP contribution in [0.4, 0.5) is 11.7 Å². The summed E-state index contributed by atoms with van der Waals surface area (Å²) in [6.45, 7) is 5.15. The van der Waals surface area contributed by atoms with Crippen molar-refractivity contribution in [3.63, 3.8) is 0 Å². The van der Waals surface area contributed by atoms with E-state index in [1.165, 1.54) is 22.2 Å². The van der Waals surface area contributed by atoms with Gasteiger partial charge in [-0.1, -0.05) is 36.4 Å². The number of anilines is 2. The molecule has 8 rings (SSSR count). The first-order valence-electron chi connectivity index (χ1n) is 13.0. The van der Waals surface area contributed by atoms with Gasteiger partial charge in [0.1, 0.15) is 11.2 Å². The molecule has 4 aromatic heterocycles. The van der Waals surface area contributed by atoms with Gasteiger partial charge < -0.3 is 9.40 Å². The number of aromatic nitrogens is 4. The molecule has 1 aliphatic heterocycles. The molecule has 7 aromatic rings. The van der Waals surface area contributed by atoms with E-state index in [0.29, 0.717) is 6.01 Å². The summed E-state index contributed by atoms with van der Waals surface area (Å²) in [7, 11) is 0. The molecule has 0 atom stereocenters. The normalized spacial score (nSPS) is 13.3. The molecule has 1 aliphatic rings. The standard InChI is InChI=1S/C32H25N5O/c1-19-6-5-9-29-22(19)14-15-36(29)32-35-26-16-21(11-13-30(26)38-32)28-12-10-20(2)31-34-27(18-37(28)31)24-17-33-25-8-4-3-7-23(24)25/h3-13,16-18,33H,14-15H2,1-2H3. The smallest absolute Gasteiger partial charge is 0.303 e. The monoisotopic (exact) mass is 495 g/mol. The highest BCUT2D eigenvalue weighted by molar-refractivity contribution is 5.95. The number of aromatic amines is 1. The van der Waals surface area contributed by atoms with E-state index in [2.05, 4.69) is 95.0 Å². The summed E-state index contributed by atoms with van der Waals surface area (Å²) >= 11 is 0. The number of oxazole rings is 1. The van der Waals surface area contributed by atoms with Crippen molar-refractivity contribution in [2.75, 3.05) is 11.4 Å². The molecule has 184 valence electrons. The second-order valence-electron chi connectivity index (χ2n) is 10.1. The van der Waals surface area contributed by atoms with Crippen LogP contribution in [0, 0.1) is 13.8 Å². The predicted molar refractivity (Wildman–Crippen MR) is 152 cm³/mol. The number of imidazole rings is 1. The van der Waals surface area contributed by atoms with Crippen molar-refractivity contribution >= 4 is 39.4 Å². The Morgan fingerprint density at radius 1 is 0.895 bits per heavy atom. The number of para-hydroxylation sites is 1. The molecule has 3 aromatic carbocycles. The molecule has 0 amide bonds. The maximum absolute atomic E-state index is 6.23. The second kappa shape index (κ2) is 7.83. The third kappa shape index (κ3) is 3.07. The third-order valence-electron chi connectivity index (χ3n) is 7.84. The molecule has 0 bridgehead atoms. The molecule has 6 heteroatoms. The van der Waals surface area contributed by atoms with Gasteiger partial charge in [0.2, 0.25) is 0 Å². The average molecular weight is 496 g/mol. The largest absolute Gasteiger partial charge is 0.423 e. The molecule has 0 fully saturated rings. The van der Waals surface area contributed by atoms with Crippen LogP contribution in [-0.2, 0) is 6.42 Å². The van der Waals surface area contributed by atoms with E-state index >= 15 is 0 Å². The zero-order chi connectivity index (χ0) is 25.4. The molecule has 0 saturated carbocycles. The lowest BCUT2D eigenvalue weighted by Crippen LogP contribution is -2.13. The molecule has 0 spiro atoms. The molecule has 38 heavy (non-hydrogen) atoms. The number of nitrogens with one attached hydrogen (secondary N) is 1. The maximum Gasteiger partial charge on any atom is 0.303 e. The number of pyridine rings is 1. The Bertz CT molecular complexity index is 2030. The highest BCUT2D eigenvalue weighted by Crippen LogP contribution is 2.38. The minimum Gasteiger partial charge on any atom is -0.423 e. The van der Waals surface area contributed by atoms with Crippen molar-refractivity contribution in [1.82, 2.24) is 19.4 Å². The summed E-state index contributed by atoms with van der Waals surface area (Å²) in [4.78, 5) is 15.5. The summed E-state index contributed by atoms with van der Waals surface area (Å²) in [6, 6.07) is 26.0. The number of aryl methyl sites for hydroxylation is 2. The lowest BCUT2D eigenvalue weighted by Gasteiger charge is -2.14. The molecule has 5 heterocycles. The van der Waals surface area contributed by atoms with E-state index in [0.717, 1.165) is 63.3 Å². The van der Waals surface area contributed by atoms with E-state index in [-0.39, 0.29) is 0 Å². The van der Waals surface area contributed by atoms with E-state index in [1.54, 1.807) is 0 Å². The Hall–Kier alpha value is -4.84. The fourth-order valence-electron chi connectivity index (χ4n) is 5.85. The van der Waals surface area contributed by atoms with Gasteiger partial charge in [0.25, 0.3) is 0 Å².